The van der Waals surface area contributed by atoms with E-state index in [4.69, 9.17) is 0 Å². The standard InChI is InChI=1S/C12H14F6N4O/c13-11(14,15)6-21-4-1-2-8(10(21)23)19-9-3-5-22(20-9)7-12(16,17)18/h3,5,8H,1-2,4,6-7H2,(H,19,20). The summed E-state index contributed by atoms with van der Waals surface area (Å²) in [6, 6.07) is 0.308. The summed E-state index contributed by atoms with van der Waals surface area (Å²) in [5.41, 5.74) is 0. The molecule has 5 nitrogen and oxygen atoms in total. The molecule has 0 saturated carbocycles. The number of aromatic nitrogens is 2. The number of carbonyl (C=O) groups is 1. The summed E-state index contributed by atoms with van der Waals surface area (Å²) < 4.78 is 74.5. The van der Waals surface area contributed by atoms with Gasteiger partial charge in [0.15, 0.2) is 0 Å². The van der Waals surface area contributed by atoms with Crippen molar-refractivity contribution in [2.45, 2.75) is 37.8 Å². The molecule has 2 heterocycles. The molecule has 1 aliphatic heterocycles. The van der Waals surface area contributed by atoms with Crippen molar-refractivity contribution < 1.29 is 31.1 Å². The first-order chi connectivity index (χ1) is 10.5. The second-order valence-corrected chi connectivity index (χ2v) is 5.23. The first-order valence-corrected chi connectivity index (χ1v) is 6.76. The van der Waals surface area contributed by atoms with Crippen LogP contribution in [0, 0.1) is 0 Å². The van der Waals surface area contributed by atoms with Gasteiger partial charge in [-0.05, 0) is 12.8 Å². The second-order valence-electron chi connectivity index (χ2n) is 5.23. The molecule has 1 fully saturated rings. The van der Waals surface area contributed by atoms with Crippen molar-refractivity contribution in [1.29, 1.82) is 0 Å². The van der Waals surface area contributed by atoms with Crippen molar-refractivity contribution in [2.24, 2.45) is 0 Å². The highest BCUT2D eigenvalue weighted by molar-refractivity contribution is 5.85. The molecule has 1 atom stereocenters. The molecular weight excluding hydrogens is 330 g/mol. The average molecular weight is 344 g/mol. The summed E-state index contributed by atoms with van der Waals surface area (Å²) >= 11 is 0. The third-order valence-electron chi connectivity index (χ3n) is 3.20. The summed E-state index contributed by atoms with van der Waals surface area (Å²) in [6.45, 7) is -2.63. The van der Waals surface area contributed by atoms with Crippen LogP contribution in [0.1, 0.15) is 12.8 Å². The Labute approximate surface area is 127 Å². The lowest BCUT2D eigenvalue weighted by Crippen LogP contribution is -2.50. The van der Waals surface area contributed by atoms with Gasteiger partial charge < -0.3 is 10.2 Å². The molecule has 1 aromatic heterocycles. The smallest absolute Gasteiger partial charge is 0.357 e. The van der Waals surface area contributed by atoms with Gasteiger partial charge in [-0.1, -0.05) is 0 Å². The minimum absolute atomic E-state index is 0.000955. The van der Waals surface area contributed by atoms with Gasteiger partial charge in [0.05, 0.1) is 0 Å². The highest BCUT2D eigenvalue weighted by atomic mass is 19.4. The number of amides is 1. The van der Waals surface area contributed by atoms with Gasteiger partial charge in [-0.2, -0.15) is 31.4 Å². The lowest BCUT2D eigenvalue weighted by atomic mass is 10.0. The fraction of sp³-hybridized carbons (Fsp3) is 0.667. The number of alkyl halides is 6. The molecule has 0 bridgehead atoms. The molecule has 1 amide bonds. The maximum Gasteiger partial charge on any atom is 0.408 e. The average Bonchev–Trinajstić information content (AvgIpc) is 2.77. The second kappa shape index (κ2) is 6.28. The zero-order valence-corrected chi connectivity index (χ0v) is 11.8. The van der Waals surface area contributed by atoms with E-state index in [1.807, 2.05) is 0 Å². The quantitative estimate of drug-likeness (QED) is 0.854. The highest BCUT2D eigenvalue weighted by Gasteiger charge is 2.37. The predicted molar refractivity (Wildman–Crippen MR) is 67.6 cm³/mol. The minimum atomic E-state index is -4.49. The molecule has 130 valence electrons. The summed E-state index contributed by atoms with van der Waals surface area (Å²) in [5.74, 6) is -0.722. The number of anilines is 1. The topological polar surface area (TPSA) is 50.2 Å². The molecule has 23 heavy (non-hydrogen) atoms. The van der Waals surface area contributed by atoms with Gasteiger partial charge in [-0.25, -0.2) is 0 Å². The van der Waals surface area contributed by atoms with Crippen LogP contribution in [0.3, 0.4) is 0 Å². The Hall–Kier alpha value is -1.94. The lowest BCUT2D eigenvalue weighted by molar-refractivity contribution is -0.163. The summed E-state index contributed by atoms with van der Waals surface area (Å²) in [5, 5.41) is 6.21. The third kappa shape index (κ3) is 5.32. The van der Waals surface area contributed by atoms with E-state index in [0.29, 0.717) is 22.4 Å². The van der Waals surface area contributed by atoms with Crippen LogP contribution in [0.5, 0.6) is 0 Å². The monoisotopic (exact) mass is 344 g/mol. The van der Waals surface area contributed by atoms with Gasteiger partial charge in [0.2, 0.25) is 5.91 Å². The number of likely N-dealkylation sites (tertiary alicyclic amines) is 1. The van der Waals surface area contributed by atoms with E-state index in [9.17, 15) is 31.1 Å². The molecule has 1 aromatic rings. The van der Waals surface area contributed by atoms with Crippen molar-refractivity contribution in [3.05, 3.63) is 12.3 Å². The molecule has 1 aliphatic rings. The SMILES string of the molecule is O=C1C(Nc2ccn(CC(F)(F)F)n2)CCCN1CC(F)(F)F. The van der Waals surface area contributed by atoms with Gasteiger partial charge in [0, 0.05) is 18.8 Å². The van der Waals surface area contributed by atoms with Crippen LogP contribution >= 0.6 is 0 Å². The first kappa shape index (κ1) is 17.4. The van der Waals surface area contributed by atoms with E-state index in [0.717, 1.165) is 6.20 Å². The van der Waals surface area contributed by atoms with Crippen LogP contribution in [0.25, 0.3) is 0 Å². The molecule has 0 aliphatic carbocycles. The Morgan fingerprint density at radius 3 is 2.43 bits per heavy atom. The summed E-state index contributed by atoms with van der Waals surface area (Å²) in [4.78, 5) is 12.7. The van der Waals surface area contributed by atoms with Crippen molar-refractivity contribution in [1.82, 2.24) is 14.7 Å². The number of nitrogens with one attached hydrogen (secondary N) is 1. The van der Waals surface area contributed by atoms with Gasteiger partial charge >= 0.3 is 12.4 Å². The molecule has 2 rings (SSSR count). The Kier molecular flexibility index (Phi) is 4.76. The molecule has 0 spiro atoms. The number of piperidine rings is 1. The Bertz CT molecular complexity index is 552. The zero-order chi connectivity index (χ0) is 17.3. The number of hydrogen-bond donors (Lipinski definition) is 1. The Morgan fingerprint density at radius 2 is 1.83 bits per heavy atom. The van der Waals surface area contributed by atoms with E-state index >= 15 is 0 Å². The minimum Gasteiger partial charge on any atom is -0.357 e. The molecule has 0 radical (unpaired) electrons. The molecular formula is C12H14F6N4O. The van der Waals surface area contributed by atoms with Gasteiger partial charge in [-0.3, -0.25) is 9.48 Å². The molecule has 1 N–H and O–H groups in total. The van der Waals surface area contributed by atoms with Gasteiger partial charge in [0.1, 0.15) is 24.9 Å². The predicted octanol–water partition coefficient (Wildman–Crippen LogP) is 2.41. The van der Waals surface area contributed by atoms with Gasteiger partial charge in [-0.15, -0.1) is 0 Å². The van der Waals surface area contributed by atoms with Crippen LogP contribution in [0.15, 0.2) is 12.3 Å². The van der Waals surface area contributed by atoms with Crippen LogP contribution in [-0.4, -0.2) is 52.1 Å². The number of rotatable bonds is 4. The maximum atomic E-state index is 12.4. The number of nitrogens with zero attached hydrogens (tertiary/aromatic N) is 3. The van der Waals surface area contributed by atoms with E-state index in [1.54, 1.807) is 0 Å². The van der Waals surface area contributed by atoms with Crippen molar-refractivity contribution in [3.8, 4) is 0 Å². The third-order valence-corrected chi connectivity index (χ3v) is 3.20. The Balaban J connectivity index is 1.98. The number of hydrogen-bond acceptors (Lipinski definition) is 3. The molecule has 1 unspecified atom stereocenters. The van der Waals surface area contributed by atoms with E-state index in [1.165, 1.54) is 6.07 Å². The Morgan fingerprint density at radius 1 is 1.17 bits per heavy atom. The van der Waals surface area contributed by atoms with Gasteiger partial charge in [0.25, 0.3) is 0 Å². The fourth-order valence-corrected chi connectivity index (χ4v) is 2.34. The van der Waals surface area contributed by atoms with Crippen molar-refractivity contribution in [2.75, 3.05) is 18.4 Å². The van der Waals surface area contributed by atoms with Crippen molar-refractivity contribution in [3.63, 3.8) is 0 Å². The van der Waals surface area contributed by atoms with Crippen LogP contribution < -0.4 is 5.32 Å². The largest absolute Gasteiger partial charge is 0.408 e. The number of halogens is 6. The first-order valence-electron chi connectivity index (χ1n) is 6.76. The zero-order valence-electron chi connectivity index (χ0n) is 11.8. The van der Waals surface area contributed by atoms with Crippen LogP contribution in [0.2, 0.25) is 0 Å². The van der Waals surface area contributed by atoms with E-state index < -0.39 is 37.4 Å². The van der Waals surface area contributed by atoms with E-state index in [-0.39, 0.29) is 12.4 Å². The molecule has 1 saturated heterocycles. The maximum absolute atomic E-state index is 12.4. The van der Waals surface area contributed by atoms with Crippen LogP contribution in [0.4, 0.5) is 32.2 Å². The highest BCUT2D eigenvalue weighted by Crippen LogP contribution is 2.22. The fourth-order valence-electron chi connectivity index (χ4n) is 2.34. The van der Waals surface area contributed by atoms with E-state index in [2.05, 4.69) is 10.4 Å². The van der Waals surface area contributed by atoms with Crippen LogP contribution in [-0.2, 0) is 11.3 Å². The normalized spacial score (nSPS) is 20.0. The number of carbonyl (C=O) groups excluding carboxylic acids is 1. The van der Waals surface area contributed by atoms with Crippen molar-refractivity contribution >= 4 is 11.7 Å². The lowest BCUT2D eigenvalue weighted by Gasteiger charge is -2.33. The summed E-state index contributed by atoms with van der Waals surface area (Å²) in [7, 11) is 0. The summed E-state index contributed by atoms with van der Waals surface area (Å²) in [6.07, 6.45) is -7.20. The molecule has 11 heteroatoms. The molecule has 0 aromatic carbocycles.